The highest BCUT2D eigenvalue weighted by molar-refractivity contribution is 7.11. The Morgan fingerprint density at radius 2 is 2.19 bits per heavy atom. The van der Waals surface area contributed by atoms with Gasteiger partial charge in [0.2, 0.25) is 0 Å². The SMILES string of the molecule is CNCCc1cnc(CCN2CCCC2)s1. The molecule has 0 bridgehead atoms. The van der Waals surface area contributed by atoms with E-state index in [1.54, 1.807) is 0 Å². The first kappa shape index (κ1) is 12.0. The van der Waals surface area contributed by atoms with Crippen molar-refractivity contribution >= 4 is 11.3 Å². The van der Waals surface area contributed by atoms with E-state index in [4.69, 9.17) is 0 Å². The van der Waals surface area contributed by atoms with Gasteiger partial charge in [-0.3, -0.25) is 0 Å². The average Bonchev–Trinajstić information content (AvgIpc) is 2.95. The Hall–Kier alpha value is -0.450. The molecule has 0 saturated carbocycles. The molecule has 1 aliphatic rings. The van der Waals surface area contributed by atoms with Crippen molar-refractivity contribution in [3.8, 4) is 0 Å². The van der Waals surface area contributed by atoms with Crippen LogP contribution in [0.25, 0.3) is 0 Å². The van der Waals surface area contributed by atoms with Crippen LogP contribution < -0.4 is 5.32 Å². The zero-order chi connectivity index (χ0) is 11.2. The third-order valence-electron chi connectivity index (χ3n) is 3.06. The molecule has 1 N–H and O–H groups in total. The molecular formula is C12H21N3S. The molecule has 0 spiro atoms. The summed E-state index contributed by atoms with van der Waals surface area (Å²) < 4.78 is 0. The van der Waals surface area contributed by atoms with Gasteiger partial charge in [0.15, 0.2) is 0 Å². The first-order chi connectivity index (χ1) is 7.88. The third-order valence-corrected chi connectivity index (χ3v) is 4.18. The van der Waals surface area contributed by atoms with Crippen molar-refractivity contribution in [3.05, 3.63) is 16.1 Å². The maximum absolute atomic E-state index is 4.49. The zero-order valence-corrected chi connectivity index (χ0v) is 10.9. The third kappa shape index (κ3) is 3.54. The normalized spacial score (nSPS) is 17.1. The van der Waals surface area contributed by atoms with E-state index in [1.807, 2.05) is 24.6 Å². The van der Waals surface area contributed by atoms with E-state index in [9.17, 15) is 0 Å². The van der Waals surface area contributed by atoms with Gasteiger partial charge in [-0.05, 0) is 45.9 Å². The highest BCUT2D eigenvalue weighted by Gasteiger charge is 2.11. The van der Waals surface area contributed by atoms with Crippen molar-refractivity contribution in [2.45, 2.75) is 25.7 Å². The van der Waals surface area contributed by atoms with Crippen molar-refractivity contribution < 1.29 is 0 Å². The monoisotopic (exact) mass is 239 g/mol. The number of hydrogen-bond donors (Lipinski definition) is 1. The smallest absolute Gasteiger partial charge is 0.0940 e. The molecule has 0 radical (unpaired) electrons. The quantitative estimate of drug-likeness (QED) is 0.816. The van der Waals surface area contributed by atoms with E-state index in [-0.39, 0.29) is 0 Å². The Labute approximate surface area is 102 Å². The van der Waals surface area contributed by atoms with Gasteiger partial charge in [-0.2, -0.15) is 0 Å². The van der Waals surface area contributed by atoms with E-state index in [0.717, 1.165) is 19.4 Å². The second-order valence-electron chi connectivity index (χ2n) is 4.37. The summed E-state index contributed by atoms with van der Waals surface area (Å²) in [6, 6.07) is 0. The van der Waals surface area contributed by atoms with Gasteiger partial charge >= 0.3 is 0 Å². The molecule has 2 heterocycles. The maximum Gasteiger partial charge on any atom is 0.0940 e. The van der Waals surface area contributed by atoms with Crippen LogP contribution in [0.4, 0.5) is 0 Å². The Balaban J connectivity index is 1.73. The highest BCUT2D eigenvalue weighted by atomic mass is 32.1. The van der Waals surface area contributed by atoms with E-state index < -0.39 is 0 Å². The molecule has 0 unspecified atom stereocenters. The van der Waals surface area contributed by atoms with Crippen molar-refractivity contribution in [1.29, 1.82) is 0 Å². The Bertz CT molecular complexity index is 305. The molecule has 2 rings (SSSR count). The Morgan fingerprint density at radius 1 is 1.38 bits per heavy atom. The number of likely N-dealkylation sites (N-methyl/N-ethyl adjacent to an activating group) is 1. The molecule has 1 aromatic rings. The van der Waals surface area contributed by atoms with Gasteiger partial charge in [-0.1, -0.05) is 0 Å². The van der Waals surface area contributed by atoms with Crippen LogP contribution in [-0.2, 0) is 12.8 Å². The largest absolute Gasteiger partial charge is 0.319 e. The minimum Gasteiger partial charge on any atom is -0.319 e. The molecule has 4 heteroatoms. The van der Waals surface area contributed by atoms with Crippen molar-refractivity contribution in [2.75, 3.05) is 33.2 Å². The van der Waals surface area contributed by atoms with Gasteiger partial charge in [0, 0.05) is 24.0 Å². The van der Waals surface area contributed by atoms with Crippen LogP contribution in [0, 0.1) is 0 Å². The predicted molar refractivity (Wildman–Crippen MR) is 69.1 cm³/mol. The first-order valence-corrected chi connectivity index (χ1v) is 7.00. The second kappa shape index (κ2) is 6.33. The summed E-state index contributed by atoms with van der Waals surface area (Å²) in [4.78, 5) is 8.45. The molecule has 3 nitrogen and oxygen atoms in total. The van der Waals surface area contributed by atoms with Crippen molar-refractivity contribution in [1.82, 2.24) is 15.2 Å². The molecule has 0 aliphatic carbocycles. The lowest BCUT2D eigenvalue weighted by Crippen LogP contribution is -2.21. The predicted octanol–water partition coefficient (Wildman–Crippen LogP) is 1.54. The highest BCUT2D eigenvalue weighted by Crippen LogP contribution is 2.15. The van der Waals surface area contributed by atoms with E-state index >= 15 is 0 Å². The number of nitrogens with one attached hydrogen (secondary N) is 1. The molecule has 1 aliphatic heterocycles. The summed E-state index contributed by atoms with van der Waals surface area (Å²) in [5.74, 6) is 0. The zero-order valence-electron chi connectivity index (χ0n) is 10.0. The van der Waals surface area contributed by atoms with Gasteiger partial charge in [0.1, 0.15) is 0 Å². The van der Waals surface area contributed by atoms with Crippen LogP contribution in [0.5, 0.6) is 0 Å². The van der Waals surface area contributed by atoms with Gasteiger partial charge in [0.05, 0.1) is 5.01 Å². The number of hydrogen-bond acceptors (Lipinski definition) is 4. The van der Waals surface area contributed by atoms with Crippen molar-refractivity contribution in [2.24, 2.45) is 0 Å². The molecule has 0 amide bonds. The fourth-order valence-corrected chi connectivity index (χ4v) is 3.00. The van der Waals surface area contributed by atoms with Crippen LogP contribution in [0.2, 0.25) is 0 Å². The Kier molecular flexibility index (Phi) is 4.75. The summed E-state index contributed by atoms with van der Waals surface area (Å²) in [7, 11) is 2.00. The van der Waals surface area contributed by atoms with E-state index in [0.29, 0.717) is 0 Å². The first-order valence-electron chi connectivity index (χ1n) is 6.19. The lowest BCUT2D eigenvalue weighted by atomic mass is 10.4. The van der Waals surface area contributed by atoms with Gasteiger partial charge < -0.3 is 10.2 Å². The minimum absolute atomic E-state index is 1.05. The van der Waals surface area contributed by atoms with E-state index in [2.05, 4.69) is 15.2 Å². The maximum atomic E-state index is 4.49. The fourth-order valence-electron chi connectivity index (χ4n) is 2.09. The average molecular weight is 239 g/mol. The molecule has 0 atom stereocenters. The van der Waals surface area contributed by atoms with Crippen LogP contribution in [0.3, 0.4) is 0 Å². The molecule has 90 valence electrons. The minimum atomic E-state index is 1.05. The summed E-state index contributed by atoms with van der Waals surface area (Å²) in [6.45, 7) is 4.82. The molecule has 0 aromatic carbocycles. The summed E-state index contributed by atoms with van der Waals surface area (Å²) in [5, 5.41) is 4.48. The molecular weight excluding hydrogens is 218 g/mol. The van der Waals surface area contributed by atoms with Crippen LogP contribution in [-0.4, -0.2) is 43.1 Å². The number of aromatic nitrogens is 1. The molecule has 1 saturated heterocycles. The standard InChI is InChI=1S/C12H21N3S/c1-13-6-4-11-10-14-12(16-11)5-9-15-7-2-3-8-15/h10,13H,2-9H2,1H3. The van der Waals surface area contributed by atoms with Crippen molar-refractivity contribution in [3.63, 3.8) is 0 Å². The molecule has 1 aromatic heterocycles. The van der Waals surface area contributed by atoms with Gasteiger partial charge in [-0.15, -0.1) is 11.3 Å². The summed E-state index contributed by atoms with van der Waals surface area (Å²) >= 11 is 1.88. The van der Waals surface area contributed by atoms with Crippen LogP contribution >= 0.6 is 11.3 Å². The topological polar surface area (TPSA) is 28.2 Å². The Morgan fingerprint density at radius 3 is 2.94 bits per heavy atom. The lowest BCUT2D eigenvalue weighted by Gasteiger charge is -2.12. The van der Waals surface area contributed by atoms with Crippen LogP contribution in [0.1, 0.15) is 22.7 Å². The number of thiazole rings is 1. The lowest BCUT2D eigenvalue weighted by molar-refractivity contribution is 0.343. The number of likely N-dealkylation sites (tertiary alicyclic amines) is 1. The number of nitrogens with zero attached hydrogens (tertiary/aromatic N) is 2. The van der Waals surface area contributed by atoms with Gasteiger partial charge in [0.25, 0.3) is 0 Å². The van der Waals surface area contributed by atoms with Gasteiger partial charge in [-0.25, -0.2) is 4.98 Å². The number of rotatable bonds is 6. The summed E-state index contributed by atoms with van der Waals surface area (Å²) in [6.07, 6.45) is 7.04. The van der Waals surface area contributed by atoms with Crippen LogP contribution in [0.15, 0.2) is 6.20 Å². The van der Waals surface area contributed by atoms with E-state index in [1.165, 1.54) is 42.4 Å². The molecule has 16 heavy (non-hydrogen) atoms. The second-order valence-corrected chi connectivity index (χ2v) is 5.57. The fraction of sp³-hybridized carbons (Fsp3) is 0.750. The molecule has 1 fully saturated rings. The summed E-state index contributed by atoms with van der Waals surface area (Å²) in [5.41, 5.74) is 0.